The fourth-order valence-electron chi connectivity index (χ4n) is 3.18. The summed E-state index contributed by atoms with van der Waals surface area (Å²) in [6, 6.07) is 0. The van der Waals surface area contributed by atoms with E-state index in [1.54, 1.807) is 0 Å². The number of hydrogen-bond acceptors (Lipinski definition) is 4. The summed E-state index contributed by atoms with van der Waals surface area (Å²) in [5, 5.41) is 9.99. The van der Waals surface area contributed by atoms with E-state index in [4.69, 9.17) is 0 Å². The lowest BCUT2D eigenvalue weighted by Gasteiger charge is -2.26. The van der Waals surface area contributed by atoms with Crippen LogP contribution in [0, 0.1) is 11.8 Å². The van der Waals surface area contributed by atoms with Gasteiger partial charge in [0.2, 0.25) is 0 Å². The number of aliphatic hydroxyl groups is 1. The van der Waals surface area contributed by atoms with Crippen LogP contribution >= 0.6 is 0 Å². The molecule has 92 valence electrons. The van der Waals surface area contributed by atoms with Crippen molar-refractivity contribution >= 4 is 5.97 Å². The van der Waals surface area contributed by atoms with Crippen molar-refractivity contribution in [3.63, 3.8) is 0 Å². The van der Waals surface area contributed by atoms with E-state index in [1.165, 1.54) is 33.3 Å². The molecular formula is C12H21NO3. The number of likely N-dealkylation sites (tertiary alicyclic amines) is 1. The summed E-state index contributed by atoms with van der Waals surface area (Å²) in [5.74, 6) is 1.03. The smallest absolute Gasteiger partial charge is 0.338 e. The van der Waals surface area contributed by atoms with E-state index in [9.17, 15) is 9.90 Å². The first-order valence-electron chi connectivity index (χ1n) is 6.06. The molecule has 1 N–H and O–H groups in total. The number of carbonyl (C=O) groups is 1. The Kier molecular flexibility index (Phi) is 3.22. The van der Waals surface area contributed by atoms with E-state index in [2.05, 4.69) is 9.64 Å². The molecule has 0 aromatic rings. The van der Waals surface area contributed by atoms with Gasteiger partial charge in [0.05, 0.1) is 7.11 Å². The minimum atomic E-state index is -1.37. The summed E-state index contributed by atoms with van der Waals surface area (Å²) in [7, 11) is 1.31. The number of hydrogen-bond donors (Lipinski definition) is 1. The second-order valence-corrected chi connectivity index (χ2v) is 5.41. The first kappa shape index (κ1) is 11.9. The Morgan fingerprint density at radius 3 is 2.50 bits per heavy atom. The lowest BCUT2D eigenvalue weighted by atomic mass is 10.0. The Balaban J connectivity index is 1.89. The van der Waals surface area contributed by atoms with Gasteiger partial charge in [0, 0.05) is 19.6 Å². The van der Waals surface area contributed by atoms with Crippen LogP contribution < -0.4 is 0 Å². The molecule has 0 bridgehead atoms. The lowest BCUT2D eigenvalue weighted by Crippen LogP contribution is -2.47. The molecule has 4 heteroatoms. The highest BCUT2D eigenvalue weighted by Crippen LogP contribution is 2.38. The summed E-state index contributed by atoms with van der Waals surface area (Å²) in [6.07, 6.45) is 3.96. The molecule has 0 spiro atoms. The van der Waals surface area contributed by atoms with Gasteiger partial charge in [-0.1, -0.05) is 6.42 Å². The summed E-state index contributed by atoms with van der Waals surface area (Å²) in [4.78, 5) is 13.6. The second kappa shape index (κ2) is 4.34. The summed E-state index contributed by atoms with van der Waals surface area (Å²) in [5.41, 5.74) is -1.37. The van der Waals surface area contributed by atoms with Crippen LogP contribution in [-0.4, -0.2) is 48.3 Å². The van der Waals surface area contributed by atoms with Crippen molar-refractivity contribution < 1.29 is 14.6 Å². The van der Waals surface area contributed by atoms with Crippen LogP contribution in [-0.2, 0) is 9.53 Å². The summed E-state index contributed by atoms with van der Waals surface area (Å²) < 4.78 is 4.60. The number of ether oxygens (including phenoxy) is 1. The highest BCUT2D eigenvalue weighted by molar-refractivity contribution is 5.78. The summed E-state index contributed by atoms with van der Waals surface area (Å²) >= 11 is 0. The lowest BCUT2D eigenvalue weighted by molar-refractivity contribution is -0.162. The molecule has 0 aromatic carbocycles. The minimum absolute atomic E-state index is 0.396. The Labute approximate surface area is 96.6 Å². The van der Waals surface area contributed by atoms with Gasteiger partial charge in [-0.2, -0.15) is 0 Å². The predicted molar refractivity (Wildman–Crippen MR) is 59.9 cm³/mol. The third kappa shape index (κ3) is 2.23. The minimum Gasteiger partial charge on any atom is -0.467 e. The number of fused-ring (bicyclic) bond motifs is 1. The SMILES string of the molecule is COC(=O)C(C)(O)CN1CC2CCCC2C1. The molecule has 16 heavy (non-hydrogen) atoms. The maximum atomic E-state index is 11.4. The van der Waals surface area contributed by atoms with E-state index >= 15 is 0 Å². The van der Waals surface area contributed by atoms with E-state index in [-0.39, 0.29) is 0 Å². The van der Waals surface area contributed by atoms with Crippen molar-refractivity contribution in [1.29, 1.82) is 0 Å². The topological polar surface area (TPSA) is 49.8 Å². The Morgan fingerprint density at radius 1 is 1.44 bits per heavy atom. The van der Waals surface area contributed by atoms with Crippen molar-refractivity contribution in [3.05, 3.63) is 0 Å². The molecule has 2 fully saturated rings. The Morgan fingerprint density at radius 2 is 2.00 bits per heavy atom. The molecule has 3 atom stereocenters. The average molecular weight is 227 g/mol. The number of β-amino-alcohol motifs (C(OH)–C–C–N with tert-alkyl or cyclic N) is 1. The van der Waals surface area contributed by atoms with Crippen molar-refractivity contribution in [3.8, 4) is 0 Å². The van der Waals surface area contributed by atoms with Gasteiger partial charge in [0.25, 0.3) is 0 Å². The van der Waals surface area contributed by atoms with Crippen LogP contribution in [0.2, 0.25) is 0 Å². The number of methoxy groups -OCH3 is 1. The average Bonchev–Trinajstić information content (AvgIpc) is 2.75. The molecule has 0 aromatic heterocycles. The fraction of sp³-hybridized carbons (Fsp3) is 0.917. The van der Waals surface area contributed by atoms with Gasteiger partial charge in [-0.25, -0.2) is 4.79 Å². The molecule has 4 nitrogen and oxygen atoms in total. The Hall–Kier alpha value is -0.610. The molecule has 1 heterocycles. The van der Waals surface area contributed by atoms with Gasteiger partial charge in [0.1, 0.15) is 0 Å². The number of carbonyl (C=O) groups excluding carboxylic acids is 1. The van der Waals surface area contributed by atoms with Crippen molar-refractivity contribution in [2.24, 2.45) is 11.8 Å². The van der Waals surface area contributed by atoms with Crippen molar-refractivity contribution in [2.45, 2.75) is 31.8 Å². The molecule has 1 saturated carbocycles. The molecular weight excluding hydrogens is 206 g/mol. The first-order chi connectivity index (χ1) is 7.53. The van der Waals surface area contributed by atoms with Gasteiger partial charge in [-0.3, -0.25) is 4.90 Å². The van der Waals surface area contributed by atoms with E-state index in [0.29, 0.717) is 6.54 Å². The molecule has 0 amide bonds. The largest absolute Gasteiger partial charge is 0.467 e. The van der Waals surface area contributed by atoms with Crippen LogP contribution in [0.4, 0.5) is 0 Å². The molecule has 1 aliphatic heterocycles. The second-order valence-electron chi connectivity index (χ2n) is 5.41. The van der Waals surface area contributed by atoms with Crippen LogP contribution in [0.15, 0.2) is 0 Å². The third-order valence-corrected chi connectivity index (χ3v) is 3.96. The van der Waals surface area contributed by atoms with Gasteiger partial charge >= 0.3 is 5.97 Å². The van der Waals surface area contributed by atoms with Gasteiger partial charge in [-0.05, 0) is 31.6 Å². The van der Waals surface area contributed by atoms with E-state index in [0.717, 1.165) is 24.9 Å². The molecule has 3 unspecified atom stereocenters. The highest BCUT2D eigenvalue weighted by atomic mass is 16.5. The highest BCUT2D eigenvalue weighted by Gasteiger charge is 2.40. The zero-order chi connectivity index (χ0) is 11.8. The van der Waals surface area contributed by atoms with Crippen LogP contribution in [0.1, 0.15) is 26.2 Å². The molecule has 2 rings (SSSR count). The molecule has 1 saturated heterocycles. The predicted octanol–water partition coefficient (Wildman–Crippen LogP) is 0.642. The van der Waals surface area contributed by atoms with Gasteiger partial charge in [-0.15, -0.1) is 0 Å². The Bertz CT molecular complexity index is 265. The van der Waals surface area contributed by atoms with Crippen molar-refractivity contribution in [1.82, 2.24) is 4.90 Å². The maximum Gasteiger partial charge on any atom is 0.338 e. The molecule has 0 radical (unpaired) electrons. The summed E-state index contributed by atoms with van der Waals surface area (Å²) in [6.45, 7) is 3.98. The van der Waals surface area contributed by atoms with E-state index in [1.807, 2.05) is 0 Å². The third-order valence-electron chi connectivity index (χ3n) is 3.96. The standard InChI is InChI=1S/C12H21NO3/c1-12(15,11(14)16-2)8-13-6-9-4-3-5-10(9)7-13/h9-10,15H,3-8H2,1-2H3. The molecule has 2 aliphatic rings. The fourth-order valence-corrected chi connectivity index (χ4v) is 3.18. The normalized spacial score (nSPS) is 33.4. The maximum absolute atomic E-state index is 11.4. The van der Waals surface area contributed by atoms with Crippen molar-refractivity contribution in [2.75, 3.05) is 26.7 Å². The van der Waals surface area contributed by atoms with Crippen LogP contribution in [0.3, 0.4) is 0 Å². The zero-order valence-corrected chi connectivity index (χ0v) is 10.1. The first-order valence-corrected chi connectivity index (χ1v) is 6.06. The number of rotatable bonds is 3. The monoisotopic (exact) mass is 227 g/mol. The van der Waals surface area contributed by atoms with Crippen LogP contribution in [0.25, 0.3) is 0 Å². The zero-order valence-electron chi connectivity index (χ0n) is 10.1. The number of nitrogens with zero attached hydrogens (tertiary/aromatic N) is 1. The van der Waals surface area contributed by atoms with E-state index < -0.39 is 11.6 Å². The quantitative estimate of drug-likeness (QED) is 0.719. The van der Waals surface area contributed by atoms with Crippen LogP contribution in [0.5, 0.6) is 0 Å². The number of esters is 1. The molecule has 1 aliphatic carbocycles. The van der Waals surface area contributed by atoms with Gasteiger partial charge in [0.15, 0.2) is 5.60 Å². The van der Waals surface area contributed by atoms with Gasteiger partial charge < -0.3 is 9.84 Å².